The number of carbonyl (C=O) groups is 1. The van der Waals surface area contributed by atoms with Crippen molar-refractivity contribution in [2.24, 2.45) is 0 Å². The van der Waals surface area contributed by atoms with Crippen LogP contribution in [0.1, 0.15) is 35.1 Å². The fourth-order valence-corrected chi connectivity index (χ4v) is 3.76. The summed E-state index contributed by atoms with van der Waals surface area (Å²) >= 11 is 0. The van der Waals surface area contributed by atoms with Crippen molar-refractivity contribution in [2.45, 2.75) is 38.8 Å². The van der Waals surface area contributed by atoms with Crippen molar-refractivity contribution in [3.63, 3.8) is 0 Å². The molecule has 3 aromatic heterocycles. The molecule has 0 aliphatic carbocycles. The average Bonchev–Trinajstić information content (AvgIpc) is 3.20. The van der Waals surface area contributed by atoms with E-state index in [0.29, 0.717) is 38.2 Å². The smallest absolute Gasteiger partial charge is 0.294 e. The van der Waals surface area contributed by atoms with Crippen molar-refractivity contribution < 1.29 is 4.79 Å². The van der Waals surface area contributed by atoms with Gasteiger partial charge in [0.25, 0.3) is 5.56 Å². The number of nitrogen functional groups attached to an aromatic ring is 1. The van der Waals surface area contributed by atoms with Crippen molar-refractivity contribution in [3.05, 3.63) is 75.7 Å². The second-order valence-electron chi connectivity index (χ2n) is 7.52. The first-order valence-corrected chi connectivity index (χ1v) is 10.3. The van der Waals surface area contributed by atoms with Crippen molar-refractivity contribution in [3.8, 4) is 0 Å². The molecule has 3 aromatic rings. The lowest BCUT2D eigenvalue weighted by atomic mass is 10.1. The van der Waals surface area contributed by atoms with E-state index in [4.69, 9.17) is 5.73 Å². The van der Waals surface area contributed by atoms with Crippen molar-refractivity contribution in [2.75, 3.05) is 17.6 Å². The van der Waals surface area contributed by atoms with Crippen LogP contribution in [0.15, 0.2) is 47.5 Å². The maximum absolute atomic E-state index is 13.0. The standard InChI is InChI=1S/C22H25N7O2.3ClH/c1-14-15(5-8-19(23)28-14)12-27-21(30)18-7-6-17-13-26-20(22(31)29(17)18)25-11-9-16-4-2-3-10-24-16;;;/h2-5,8,10,13,18H,6-7,9,11-12H2,1H3,(H2,23,28)(H,25,26)(H,27,30);3*1H/t18-;;;/m0.../s1. The Kier molecular flexibility index (Phi) is 11.3. The fourth-order valence-electron chi connectivity index (χ4n) is 3.76. The predicted octanol–water partition coefficient (Wildman–Crippen LogP) is 2.65. The number of aromatic nitrogens is 4. The van der Waals surface area contributed by atoms with Gasteiger partial charge in [0.1, 0.15) is 11.9 Å². The van der Waals surface area contributed by atoms with Gasteiger partial charge >= 0.3 is 0 Å². The van der Waals surface area contributed by atoms with E-state index < -0.39 is 6.04 Å². The molecule has 1 aliphatic rings. The summed E-state index contributed by atoms with van der Waals surface area (Å²) in [5.74, 6) is 0.500. The number of halogens is 3. The van der Waals surface area contributed by atoms with Gasteiger partial charge in [0.15, 0.2) is 5.82 Å². The van der Waals surface area contributed by atoms with Gasteiger partial charge in [-0.25, -0.2) is 9.97 Å². The highest BCUT2D eigenvalue weighted by Gasteiger charge is 2.30. The third kappa shape index (κ3) is 6.59. The molecule has 4 heterocycles. The predicted molar refractivity (Wildman–Crippen MR) is 139 cm³/mol. The third-order valence-electron chi connectivity index (χ3n) is 5.43. The summed E-state index contributed by atoms with van der Waals surface area (Å²) < 4.78 is 1.56. The third-order valence-corrected chi connectivity index (χ3v) is 5.43. The van der Waals surface area contributed by atoms with Crippen LogP contribution in [0.3, 0.4) is 0 Å². The zero-order chi connectivity index (χ0) is 21.8. The summed E-state index contributed by atoms with van der Waals surface area (Å²) in [4.78, 5) is 38.6. The molecule has 12 heteroatoms. The number of pyridine rings is 2. The number of fused-ring (bicyclic) bond motifs is 1. The molecule has 0 bridgehead atoms. The van der Waals surface area contributed by atoms with Gasteiger partial charge in [0, 0.05) is 49.0 Å². The number of amides is 1. The van der Waals surface area contributed by atoms with Crippen molar-refractivity contribution >= 4 is 54.8 Å². The number of hydrogen-bond acceptors (Lipinski definition) is 7. The normalized spacial score (nSPS) is 13.5. The number of nitrogens with one attached hydrogen (secondary N) is 2. The van der Waals surface area contributed by atoms with E-state index in [2.05, 4.69) is 25.6 Å². The van der Waals surface area contributed by atoms with Crippen LogP contribution >= 0.6 is 37.2 Å². The van der Waals surface area contributed by atoms with Crippen LogP contribution in [-0.2, 0) is 24.2 Å². The van der Waals surface area contributed by atoms with E-state index in [1.165, 1.54) is 0 Å². The summed E-state index contributed by atoms with van der Waals surface area (Å²) in [7, 11) is 0. The van der Waals surface area contributed by atoms with Gasteiger partial charge in [0.05, 0.1) is 0 Å². The first kappa shape index (κ1) is 29.2. The van der Waals surface area contributed by atoms with Crippen LogP contribution in [0.4, 0.5) is 11.6 Å². The quantitative estimate of drug-likeness (QED) is 0.430. The summed E-state index contributed by atoms with van der Waals surface area (Å²) in [6.07, 6.45) is 5.29. The van der Waals surface area contributed by atoms with Gasteiger partial charge < -0.3 is 16.4 Å². The second-order valence-corrected chi connectivity index (χ2v) is 7.52. The zero-order valence-corrected chi connectivity index (χ0v) is 21.0. The first-order chi connectivity index (χ1) is 15.0. The molecule has 0 spiro atoms. The van der Waals surface area contributed by atoms with E-state index in [1.54, 1.807) is 23.0 Å². The molecule has 0 saturated carbocycles. The highest BCUT2D eigenvalue weighted by molar-refractivity contribution is 5.86. The van der Waals surface area contributed by atoms with Gasteiger partial charge in [-0.1, -0.05) is 12.1 Å². The van der Waals surface area contributed by atoms with Gasteiger partial charge in [-0.3, -0.25) is 19.1 Å². The van der Waals surface area contributed by atoms with E-state index in [9.17, 15) is 9.59 Å². The summed E-state index contributed by atoms with van der Waals surface area (Å²) in [6, 6.07) is 8.73. The Morgan fingerprint density at radius 3 is 2.68 bits per heavy atom. The summed E-state index contributed by atoms with van der Waals surface area (Å²) in [6.45, 7) is 2.71. The Morgan fingerprint density at radius 2 is 1.97 bits per heavy atom. The minimum atomic E-state index is -0.552. The number of rotatable bonds is 7. The molecule has 1 amide bonds. The lowest BCUT2D eigenvalue weighted by molar-refractivity contribution is -0.124. The Hall–Kier alpha value is -2.88. The fraction of sp³-hybridized carbons (Fsp3) is 0.318. The van der Waals surface area contributed by atoms with Gasteiger partial charge in [-0.2, -0.15) is 0 Å². The molecule has 9 nitrogen and oxygen atoms in total. The summed E-state index contributed by atoms with van der Waals surface area (Å²) in [5, 5.41) is 6.01. The monoisotopic (exact) mass is 527 g/mol. The molecule has 0 saturated heterocycles. The molecule has 1 atom stereocenters. The molecule has 0 radical (unpaired) electrons. The molecule has 0 fully saturated rings. The zero-order valence-electron chi connectivity index (χ0n) is 18.6. The molecular weight excluding hydrogens is 501 g/mol. The van der Waals surface area contributed by atoms with Crippen LogP contribution in [0.2, 0.25) is 0 Å². The van der Waals surface area contributed by atoms with Crippen LogP contribution < -0.4 is 21.9 Å². The Morgan fingerprint density at radius 1 is 1.18 bits per heavy atom. The van der Waals surface area contributed by atoms with Gasteiger partial charge in [0.2, 0.25) is 5.91 Å². The molecule has 4 rings (SSSR count). The largest absolute Gasteiger partial charge is 0.384 e. The maximum atomic E-state index is 13.0. The number of nitrogens with zero attached hydrogens (tertiary/aromatic N) is 4. The lowest BCUT2D eigenvalue weighted by Gasteiger charge is -2.16. The Balaban J connectivity index is 0.00000193. The van der Waals surface area contributed by atoms with Crippen LogP contribution in [-0.4, -0.2) is 32.0 Å². The molecule has 0 aromatic carbocycles. The molecular formula is C22H28Cl3N7O2. The Labute approximate surface area is 216 Å². The van der Waals surface area contributed by atoms with E-state index in [1.807, 2.05) is 31.2 Å². The highest BCUT2D eigenvalue weighted by atomic mass is 35.5. The minimum Gasteiger partial charge on any atom is -0.384 e. The SMILES string of the molecule is Cc1nc(N)ccc1CNC(=O)[C@@H]1CCc2cnc(NCCc3ccccn3)c(=O)n21.Cl.Cl.Cl. The van der Waals surface area contributed by atoms with Crippen LogP contribution in [0.25, 0.3) is 0 Å². The molecule has 4 N–H and O–H groups in total. The highest BCUT2D eigenvalue weighted by Crippen LogP contribution is 2.24. The molecule has 1 aliphatic heterocycles. The number of carbonyl (C=O) groups excluding carboxylic acids is 1. The molecule has 34 heavy (non-hydrogen) atoms. The van der Waals surface area contributed by atoms with Gasteiger partial charge in [-0.05, 0) is 43.5 Å². The topological polar surface area (TPSA) is 128 Å². The van der Waals surface area contributed by atoms with Crippen LogP contribution in [0.5, 0.6) is 0 Å². The number of nitrogens with two attached hydrogens (primary N) is 1. The Bertz CT molecular complexity index is 1160. The minimum absolute atomic E-state index is 0. The number of aryl methyl sites for hydroxylation is 2. The summed E-state index contributed by atoms with van der Waals surface area (Å²) in [5.41, 5.74) is 8.77. The maximum Gasteiger partial charge on any atom is 0.294 e. The number of hydrogen-bond donors (Lipinski definition) is 3. The second kappa shape index (κ2) is 13.1. The average molecular weight is 529 g/mol. The van der Waals surface area contributed by atoms with Crippen molar-refractivity contribution in [1.29, 1.82) is 0 Å². The molecule has 0 unspecified atom stereocenters. The lowest BCUT2D eigenvalue weighted by Crippen LogP contribution is -2.36. The number of anilines is 2. The first-order valence-electron chi connectivity index (χ1n) is 10.3. The van der Waals surface area contributed by atoms with E-state index in [0.717, 1.165) is 22.6 Å². The van der Waals surface area contributed by atoms with Crippen molar-refractivity contribution in [1.82, 2.24) is 24.8 Å². The van der Waals surface area contributed by atoms with Crippen LogP contribution in [0, 0.1) is 6.92 Å². The van der Waals surface area contributed by atoms with E-state index in [-0.39, 0.29) is 54.5 Å². The van der Waals surface area contributed by atoms with Gasteiger partial charge in [-0.15, -0.1) is 37.2 Å². The van der Waals surface area contributed by atoms with E-state index >= 15 is 0 Å². The molecule has 184 valence electrons.